The molecule has 0 heterocycles. The molecule has 0 unspecified atom stereocenters. The Hall–Kier alpha value is -1.79. The smallest absolute Gasteiger partial charge is 0.253 e. The van der Waals surface area contributed by atoms with Crippen molar-refractivity contribution in [2.45, 2.75) is 38.1 Å². The fourth-order valence-corrected chi connectivity index (χ4v) is 2.61. The molecule has 2 rings (SSSR count). The minimum absolute atomic E-state index is 0.0655. The fraction of sp³-hybridized carbons (Fsp3) is 0.471. The summed E-state index contributed by atoms with van der Waals surface area (Å²) in [5.41, 5.74) is 1.51. The molecule has 3 heteroatoms. The average Bonchev–Trinajstić information content (AvgIpc) is 3.00. The van der Waals surface area contributed by atoms with Crippen molar-refractivity contribution < 1.29 is 9.90 Å². The van der Waals surface area contributed by atoms with Crippen LogP contribution in [0.5, 0.6) is 0 Å². The lowest BCUT2D eigenvalue weighted by atomic mass is 10.1. The Morgan fingerprint density at radius 1 is 1.40 bits per heavy atom. The predicted molar refractivity (Wildman–Crippen MR) is 79.4 cm³/mol. The Morgan fingerprint density at radius 3 is 2.85 bits per heavy atom. The molecule has 1 amide bonds. The van der Waals surface area contributed by atoms with E-state index in [2.05, 4.69) is 11.8 Å². The van der Waals surface area contributed by atoms with Crippen LogP contribution in [-0.2, 0) is 0 Å². The van der Waals surface area contributed by atoms with Gasteiger partial charge in [0.25, 0.3) is 5.91 Å². The highest BCUT2D eigenvalue weighted by atomic mass is 16.2. The minimum Gasteiger partial charge on any atom is -0.395 e. The van der Waals surface area contributed by atoms with Gasteiger partial charge < -0.3 is 10.0 Å². The van der Waals surface area contributed by atoms with Crippen LogP contribution in [-0.4, -0.2) is 35.6 Å². The van der Waals surface area contributed by atoms with Gasteiger partial charge in [0, 0.05) is 30.6 Å². The van der Waals surface area contributed by atoms with E-state index in [9.17, 15) is 4.79 Å². The summed E-state index contributed by atoms with van der Waals surface area (Å²) in [5.74, 6) is 5.92. The number of nitrogens with zero attached hydrogens (tertiary/aromatic N) is 1. The Labute approximate surface area is 120 Å². The predicted octanol–water partition coefficient (Wildman–Crippen LogP) is 2.44. The quantitative estimate of drug-likeness (QED) is 0.858. The molecule has 106 valence electrons. The van der Waals surface area contributed by atoms with Crippen LogP contribution >= 0.6 is 0 Å². The Balaban J connectivity index is 2.10. The number of amides is 1. The van der Waals surface area contributed by atoms with E-state index in [1.807, 2.05) is 36.2 Å². The summed E-state index contributed by atoms with van der Waals surface area (Å²) in [5, 5.41) is 8.72. The van der Waals surface area contributed by atoms with Crippen molar-refractivity contribution in [1.29, 1.82) is 0 Å². The number of aliphatic hydroxyl groups excluding tert-OH is 1. The molecule has 20 heavy (non-hydrogen) atoms. The highest BCUT2D eigenvalue weighted by Gasteiger charge is 2.24. The first kappa shape index (κ1) is 14.6. The molecule has 1 aromatic carbocycles. The Bertz CT molecular complexity index is 521. The molecular weight excluding hydrogens is 250 g/mol. The van der Waals surface area contributed by atoms with E-state index >= 15 is 0 Å². The maximum atomic E-state index is 12.5. The van der Waals surface area contributed by atoms with Crippen molar-refractivity contribution in [3.63, 3.8) is 0 Å². The number of hydrogen-bond acceptors (Lipinski definition) is 2. The van der Waals surface area contributed by atoms with Crippen molar-refractivity contribution in [2.24, 2.45) is 0 Å². The van der Waals surface area contributed by atoms with Gasteiger partial charge in [-0.3, -0.25) is 4.79 Å². The van der Waals surface area contributed by atoms with Gasteiger partial charge in [-0.2, -0.15) is 0 Å². The van der Waals surface area contributed by atoms with E-state index in [1.54, 1.807) is 0 Å². The van der Waals surface area contributed by atoms with Crippen molar-refractivity contribution in [1.82, 2.24) is 4.90 Å². The van der Waals surface area contributed by atoms with Crippen LogP contribution in [0.3, 0.4) is 0 Å². The van der Waals surface area contributed by atoms with Crippen LogP contribution in [0.15, 0.2) is 24.3 Å². The van der Waals surface area contributed by atoms with Gasteiger partial charge in [0.15, 0.2) is 0 Å². The first-order chi connectivity index (χ1) is 9.72. The molecule has 0 spiro atoms. The molecule has 1 aliphatic carbocycles. The van der Waals surface area contributed by atoms with Crippen molar-refractivity contribution in [2.75, 3.05) is 13.7 Å². The van der Waals surface area contributed by atoms with Gasteiger partial charge in [-0.05, 0) is 31.0 Å². The van der Waals surface area contributed by atoms with Gasteiger partial charge in [-0.1, -0.05) is 30.7 Å². The molecule has 0 atom stereocenters. The largest absolute Gasteiger partial charge is 0.395 e. The zero-order valence-electron chi connectivity index (χ0n) is 11.9. The van der Waals surface area contributed by atoms with Crippen LogP contribution < -0.4 is 0 Å². The molecule has 0 saturated heterocycles. The minimum atomic E-state index is 0.0655. The van der Waals surface area contributed by atoms with E-state index in [0.717, 1.165) is 18.4 Å². The summed E-state index contributed by atoms with van der Waals surface area (Å²) in [6.07, 6.45) is 5.11. The molecular formula is C17H21NO2. The first-order valence-electron chi connectivity index (χ1n) is 7.19. The third-order valence-electron chi connectivity index (χ3n) is 3.77. The van der Waals surface area contributed by atoms with Crippen LogP contribution in [0.1, 0.15) is 48.0 Å². The van der Waals surface area contributed by atoms with Crippen LogP contribution in [0.2, 0.25) is 0 Å². The number of carbonyl (C=O) groups is 1. The third-order valence-corrected chi connectivity index (χ3v) is 3.77. The third kappa shape index (κ3) is 3.61. The number of aliphatic hydroxyl groups is 1. The molecule has 1 N–H and O–H groups in total. The van der Waals surface area contributed by atoms with E-state index in [-0.39, 0.29) is 12.5 Å². The van der Waals surface area contributed by atoms with Gasteiger partial charge in [-0.15, -0.1) is 0 Å². The zero-order valence-corrected chi connectivity index (χ0v) is 11.9. The summed E-state index contributed by atoms with van der Waals surface area (Å²) >= 11 is 0. The summed E-state index contributed by atoms with van der Waals surface area (Å²) in [4.78, 5) is 14.3. The molecule has 0 aliphatic heterocycles. The second-order valence-electron chi connectivity index (χ2n) is 5.21. The highest BCUT2D eigenvalue weighted by molar-refractivity contribution is 5.94. The molecule has 1 fully saturated rings. The van der Waals surface area contributed by atoms with Gasteiger partial charge in [0.2, 0.25) is 0 Å². The summed E-state index contributed by atoms with van der Waals surface area (Å²) < 4.78 is 0. The summed E-state index contributed by atoms with van der Waals surface area (Å²) in [6.45, 7) is 0.0655. The van der Waals surface area contributed by atoms with Crippen molar-refractivity contribution in [3.8, 4) is 11.8 Å². The number of hydrogen-bond donors (Lipinski definition) is 1. The molecule has 0 aromatic heterocycles. The van der Waals surface area contributed by atoms with E-state index in [4.69, 9.17) is 5.11 Å². The van der Waals surface area contributed by atoms with Crippen molar-refractivity contribution in [3.05, 3.63) is 35.4 Å². The topological polar surface area (TPSA) is 40.5 Å². The normalized spacial score (nSPS) is 14.7. The molecule has 0 radical (unpaired) electrons. The monoisotopic (exact) mass is 271 g/mol. The van der Waals surface area contributed by atoms with Crippen molar-refractivity contribution >= 4 is 5.91 Å². The molecule has 1 aromatic rings. The standard InChI is InChI=1S/C17H21NO2/c1-18(16-10-2-3-11-16)17(20)15-9-6-8-14(13-15)7-4-5-12-19/h6,8-9,13,16,19H,2-3,5,10-12H2,1H3. The van der Waals surface area contributed by atoms with E-state index in [0.29, 0.717) is 18.0 Å². The van der Waals surface area contributed by atoms with Gasteiger partial charge in [-0.25, -0.2) is 0 Å². The summed E-state index contributed by atoms with van der Waals surface area (Å²) in [6, 6.07) is 7.80. The second kappa shape index (κ2) is 7.12. The maximum Gasteiger partial charge on any atom is 0.253 e. The fourth-order valence-electron chi connectivity index (χ4n) is 2.61. The maximum absolute atomic E-state index is 12.5. The zero-order chi connectivity index (χ0) is 14.4. The second-order valence-corrected chi connectivity index (χ2v) is 5.21. The SMILES string of the molecule is CN(C(=O)c1cccc(C#CCCO)c1)C1CCCC1. The van der Waals surface area contributed by atoms with Gasteiger partial charge in [0.1, 0.15) is 0 Å². The van der Waals surface area contributed by atoms with E-state index in [1.165, 1.54) is 12.8 Å². The summed E-state index contributed by atoms with van der Waals surface area (Å²) in [7, 11) is 1.89. The first-order valence-corrected chi connectivity index (χ1v) is 7.19. The van der Waals surface area contributed by atoms with E-state index < -0.39 is 0 Å². The molecule has 1 saturated carbocycles. The molecule has 0 bridgehead atoms. The van der Waals surface area contributed by atoms with Crippen LogP contribution in [0.4, 0.5) is 0 Å². The Kier molecular flexibility index (Phi) is 5.20. The highest BCUT2D eigenvalue weighted by Crippen LogP contribution is 2.23. The number of rotatable bonds is 3. The molecule has 3 nitrogen and oxygen atoms in total. The van der Waals surface area contributed by atoms with Crippen LogP contribution in [0.25, 0.3) is 0 Å². The lowest BCUT2D eigenvalue weighted by Crippen LogP contribution is -2.35. The Morgan fingerprint density at radius 2 is 2.15 bits per heavy atom. The van der Waals surface area contributed by atoms with Gasteiger partial charge in [0.05, 0.1) is 6.61 Å². The lowest BCUT2D eigenvalue weighted by molar-refractivity contribution is 0.0735. The van der Waals surface area contributed by atoms with Crippen LogP contribution in [0, 0.1) is 11.8 Å². The van der Waals surface area contributed by atoms with Gasteiger partial charge >= 0.3 is 0 Å². The lowest BCUT2D eigenvalue weighted by Gasteiger charge is -2.24. The number of carbonyl (C=O) groups excluding carboxylic acids is 1. The molecule has 1 aliphatic rings. The average molecular weight is 271 g/mol. The number of benzene rings is 1.